The average molecular weight is 398 g/mol. The molecule has 0 radical (unpaired) electrons. The largest absolute Gasteiger partial charge is 0.486 e. The Morgan fingerprint density at radius 1 is 1.24 bits per heavy atom. The first-order valence-electron chi connectivity index (χ1n) is 9.84. The van der Waals surface area contributed by atoms with Crippen molar-refractivity contribution in [1.82, 2.24) is 15.2 Å². The van der Waals surface area contributed by atoms with Crippen LogP contribution >= 0.6 is 0 Å². The fraction of sp³-hybridized carbons (Fsp3) is 0.429. The van der Waals surface area contributed by atoms with Gasteiger partial charge in [0.1, 0.15) is 12.4 Å². The number of pyridine rings is 1. The van der Waals surface area contributed by atoms with Crippen molar-refractivity contribution < 1.29 is 19.0 Å². The summed E-state index contributed by atoms with van der Waals surface area (Å²) in [5.74, 6) is 2.37. The molecule has 1 unspecified atom stereocenters. The van der Waals surface area contributed by atoms with E-state index in [1.807, 2.05) is 36.4 Å². The Hall–Kier alpha value is -3.00. The van der Waals surface area contributed by atoms with E-state index < -0.39 is 0 Å². The number of carbonyl (C=O) groups is 1. The van der Waals surface area contributed by atoms with E-state index in [9.17, 15) is 4.79 Å². The van der Waals surface area contributed by atoms with Gasteiger partial charge in [-0.3, -0.25) is 0 Å². The van der Waals surface area contributed by atoms with Gasteiger partial charge in [0, 0.05) is 32.9 Å². The number of para-hydroxylation sites is 2. The molecule has 2 aromatic rings. The molecule has 0 aliphatic carbocycles. The summed E-state index contributed by atoms with van der Waals surface area (Å²) in [5.41, 5.74) is 1.01. The maximum absolute atomic E-state index is 12.5. The summed E-state index contributed by atoms with van der Waals surface area (Å²) < 4.78 is 17.0. The van der Waals surface area contributed by atoms with Gasteiger partial charge in [0.15, 0.2) is 17.6 Å². The van der Waals surface area contributed by atoms with Crippen molar-refractivity contribution in [3.8, 4) is 11.5 Å². The molecule has 4 rings (SSSR count). The fourth-order valence-electron chi connectivity index (χ4n) is 3.39. The molecule has 1 aromatic carbocycles. The summed E-state index contributed by atoms with van der Waals surface area (Å²) in [5, 5.41) is 2.96. The molecular formula is C21H26N4O4. The molecule has 2 amide bonds. The Morgan fingerprint density at radius 2 is 2.03 bits per heavy atom. The molecular weight excluding hydrogens is 372 g/mol. The van der Waals surface area contributed by atoms with Crippen molar-refractivity contribution in [2.45, 2.75) is 12.6 Å². The Balaban J connectivity index is 1.27. The number of hydrogen-bond donors (Lipinski definition) is 1. The third-order valence-electron chi connectivity index (χ3n) is 4.98. The third kappa shape index (κ3) is 4.89. The standard InChI is InChI=1S/C21H26N4O4/c1-24(14-17-15-28-18-4-2-3-5-19(18)29-17)21(26)23-13-16-6-7-22-20(12-16)25-8-10-27-11-9-25/h2-7,12,17H,8-11,13-15H2,1H3,(H,23,26). The van der Waals surface area contributed by atoms with Gasteiger partial charge < -0.3 is 29.3 Å². The van der Waals surface area contributed by atoms with Crippen molar-refractivity contribution in [3.05, 3.63) is 48.2 Å². The molecule has 0 spiro atoms. The maximum atomic E-state index is 12.5. The molecule has 0 saturated carbocycles. The number of morpholine rings is 1. The first-order chi connectivity index (χ1) is 14.2. The summed E-state index contributed by atoms with van der Waals surface area (Å²) >= 11 is 0. The van der Waals surface area contributed by atoms with Crippen LogP contribution in [0, 0.1) is 0 Å². The number of benzene rings is 1. The molecule has 1 atom stereocenters. The Morgan fingerprint density at radius 3 is 2.86 bits per heavy atom. The third-order valence-corrected chi connectivity index (χ3v) is 4.98. The number of nitrogens with zero attached hydrogens (tertiary/aromatic N) is 3. The summed E-state index contributed by atoms with van der Waals surface area (Å²) in [6.07, 6.45) is 1.58. The van der Waals surface area contributed by atoms with E-state index in [2.05, 4.69) is 15.2 Å². The van der Waals surface area contributed by atoms with Crippen LogP contribution < -0.4 is 19.7 Å². The average Bonchev–Trinajstić information content (AvgIpc) is 2.78. The first kappa shape index (κ1) is 19.3. The molecule has 1 N–H and O–H groups in total. The lowest BCUT2D eigenvalue weighted by atomic mass is 10.2. The van der Waals surface area contributed by atoms with Gasteiger partial charge in [-0.1, -0.05) is 12.1 Å². The van der Waals surface area contributed by atoms with E-state index >= 15 is 0 Å². The van der Waals surface area contributed by atoms with Crippen LogP contribution in [0.1, 0.15) is 5.56 Å². The number of ether oxygens (including phenoxy) is 3. The second kappa shape index (κ2) is 9.00. The Bertz CT molecular complexity index is 841. The topological polar surface area (TPSA) is 76.2 Å². The number of hydrogen-bond acceptors (Lipinski definition) is 6. The predicted octanol–water partition coefficient (Wildman–Crippen LogP) is 1.90. The minimum Gasteiger partial charge on any atom is -0.486 e. The van der Waals surface area contributed by atoms with Gasteiger partial charge in [0.05, 0.1) is 19.8 Å². The van der Waals surface area contributed by atoms with Crippen molar-refractivity contribution in [3.63, 3.8) is 0 Å². The first-order valence-corrected chi connectivity index (χ1v) is 9.84. The zero-order chi connectivity index (χ0) is 20.1. The van der Waals surface area contributed by atoms with Crippen LogP contribution in [0.4, 0.5) is 10.6 Å². The Kier molecular flexibility index (Phi) is 6.00. The molecule has 1 fully saturated rings. The van der Waals surface area contributed by atoms with Gasteiger partial charge in [-0.15, -0.1) is 0 Å². The van der Waals surface area contributed by atoms with Crippen LogP contribution in [-0.4, -0.2) is 68.5 Å². The van der Waals surface area contributed by atoms with Crippen LogP contribution in [0.2, 0.25) is 0 Å². The number of carbonyl (C=O) groups excluding carboxylic acids is 1. The van der Waals surface area contributed by atoms with Crippen LogP contribution in [0.25, 0.3) is 0 Å². The number of anilines is 1. The minimum atomic E-state index is -0.200. The maximum Gasteiger partial charge on any atom is 0.317 e. The lowest BCUT2D eigenvalue weighted by Crippen LogP contribution is -2.45. The summed E-state index contributed by atoms with van der Waals surface area (Å²) in [6, 6.07) is 11.3. The van der Waals surface area contributed by atoms with Crippen LogP contribution in [0.3, 0.4) is 0 Å². The second-order valence-corrected chi connectivity index (χ2v) is 7.16. The quantitative estimate of drug-likeness (QED) is 0.829. The number of amides is 2. The van der Waals surface area contributed by atoms with Gasteiger partial charge in [-0.2, -0.15) is 0 Å². The van der Waals surface area contributed by atoms with Crippen LogP contribution in [0.5, 0.6) is 11.5 Å². The van der Waals surface area contributed by atoms with Gasteiger partial charge in [-0.05, 0) is 29.8 Å². The molecule has 8 heteroatoms. The highest BCUT2D eigenvalue weighted by Gasteiger charge is 2.23. The van der Waals surface area contributed by atoms with Crippen molar-refractivity contribution in [2.75, 3.05) is 51.4 Å². The van der Waals surface area contributed by atoms with E-state index in [1.54, 1.807) is 18.1 Å². The smallest absolute Gasteiger partial charge is 0.317 e. The molecule has 154 valence electrons. The number of nitrogens with one attached hydrogen (secondary N) is 1. The molecule has 1 saturated heterocycles. The fourth-order valence-corrected chi connectivity index (χ4v) is 3.39. The van der Waals surface area contributed by atoms with E-state index in [0.29, 0.717) is 38.7 Å². The number of fused-ring (bicyclic) bond motifs is 1. The van der Waals surface area contributed by atoms with Gasteiger partial charge in [0.25, 0.3) is 0 Å². The van der Waals surface area contributed by atoms with Gasteiger partial charge in [-0.25, -0.2) is 9.78 Å². The second-order valence-electron chi connectivity index (χ2n) is 7.16. The molecule has 3 heterocycles. The van der Waals surface area contributed by atoms with Crippen LogP contribution in [0.15, 0.2) is 42.6 Å². The van der Waals surface area contributed by atoms with E-state index in [0.717, 1.165) is 30.2 Å². The highest BCUT2D eigenvalue weighted by molar-refractivity contribution is 5.73. The number of aromatic nitrogens is 1. The summed E-state index contributed by atoms with van der Waals surface area (Å²) in [6.45, 7) is 4.39. The van der Waals surface area contributed by atoms with Crippen LogP contribution in [-0.2, 0) is 11.3 Å². The number of rotatable bonds is 5. The summed E-state index contributed by atoms with van der Waals surface area (Å²) in [7, 11) is 1.75. The zero-order valence-corrected chi connectivity index (χ0v) is 16.5. The number of likely N-dealkylation sites (N-methyl/N-ethyl adjacent to an activating group) is 1. The zero-order valence-electron chi connectivity index (χ0n) is 16.5. The summed E-state index contributed by atoms with van der Waals surface area (Å²) in [4.78, 5) is 20.7. The van der Waals surface area contributed by atoms with Crippen molar-refractivity contribution >= 4 is 11.8 Å². The van der Waals surface area contributed by atoms with E-state index in [4.69, 9.17) is 14.2 Å². The highest BCUT2D eigenvalue weighted by atomic mass is 16.6. The lowest BCUT2D eigenvalue weighted by Gasteiger charge is -2.29. The van der Waals surface area contributed by atoms with Crippen molar-refractivity contribution in [2.24, 2.45) is 0 Å². The highest BCUT2D eigenvalue weighted by Crippen LogP contribution is 2.30. The molecule has 0 bridgehead atoms. The molecule has 29 heavy (non-hydrogen) atoms. The van der Waals surface area contributed by atoms with Gasteiger partial charge in [0.2, 0.25) is 0 Å². The monoisotopic (exact) mass is 398 g/mol. The predicted molar refractivity (Wildman–Crippen MR) is 108 cm³/mol. The normalized spacial score (nSPS) is 18.2. The van der Waals surface area contributed by atoms with Crippen molar-refractivity contribution in [1.29, 1.82) is 0 Å². The Labute approximate surface area is 170 Å². The minimum absolute atomic E-state index is 0.155. The number of urea groups is 1. The molecule has 1 aromatic heterocycles. The van der Waals surface area contributed by atoms with E-state index in [1.165, 1.54) is 0 Å². The lowest BCUT2D eigenvalue weighted by molar-refractivity contribution is 0.0715. The van der Waals surface area contributed by atoms with E-state index in [-0.39, 0.29) is 12.1 Å². The molecule has 8 nitrogen and oxygen atoms in total. The van der Waals surface area contributed by atoms with Gasteiger partial charge >= 0.3 is 6.03 Å². The SMILES string of the molecule is CN(CC1COc2ccccc2O1)C(=O)NCc1ccnc(N2CCOCC2)c1. The molecule has 2 aliphatic heterocycles. The molecule has 2 aliphatic rings.